The molecule has 142 valence electrons. The fraction of sp³-hybridized carbons (Fsp3) is 0.300. The quantitative estimate of drug-likeness (QED) is 0.521. The lowest BCUT2D eigenvalue weighted by molar-refractivity contribution is 0.00218. The number of aromatic nitrogens is 5. The van der Waals surface area contributed by atoms with Gasteiger partial charge in [-0.15, -0.1) is 0 Å². The van der Waals surface area contributed by atoms with E-state index in [1.807, 2.05) is 35.0 Å². The molecule has 0 saturated carbocycles. The van der Waals surface area contributed by atoms with E-state index in [2.05, 4.69) is 20.1 Å². The van der Waals surface area contributed by atoms with Gasteiger partial charge < -0.3 is 18.2 Å². The first-order chi connectivity index (χ1) is 13.9. The van der Waals surface area contributed by atoms with Crippen LogP contribution in [-0.2, 0) is 11.3 Å². The van der Waals surface area contributed by atoms with Gasteiger partial charge in [0.1, 0.15) is 18.4 Å². The highest BCUT2D eigenvalue weighted by atomic mass is 16.5. The van der Waals surface area contributed by atoms with Crippen LogP contribution in [0.5, 0.6) is 0 Å². The molecular weight excluding hydrogens is 358 g/mol. The number of imidazole rings is 1. The third-order valence-electron chi connectivity index (χ3n) is 4.75. The standard InChI is InChI=1S/C20H19N5O3/c1-2-11-26-15(5-1)16-6-7-17(27-16)20-22-9-10-25(20)13-18-23-19(24-28-18)14-4-3-8-21-12-14/h3-4,6-10,12,15H,1-2,5,11,13H2/t15-/m1/s1. The Morgan fingerprint density at radius 2 is 2.14 bits per heavy atom. The summed E-state index contributed by atoms with van der Waals surface area (Å²) in [6.07, 6.45) is 10.3. The van der Waals surface area contributed by atoms with E-state index in [0.717, 1.165) is 37.2 Å². The van der Waals surface area contributed by atoms with Gasteiger partial charge >= 0.3 is 0 Å². The molecule has 28 heavy (non-hydrogen) atoms. The summed E-state index contributed by atoms with van der Waals surface area (Å²) in [5.74, 6) is 3.25. The maximum absolute atomic E-state index is 6.04. The van der Waals surface area contributed by atoms with Gasteiger partial charge in [-0.2, -0.15) is 4.98 Å². The van der Waals surface area contributed by atoms with Crippen LogP contribution in [0, 0.1) is 0 Å². The highest BCUT2D eigenvalue weighted by molar-refractivity contribution is 5.52. The Balaban J connectivity index is 1.36. The molecule has 4 aromatic rings. The molecule has 1 saturated heterocycles. The van der Waals surface area contributed by atoms with Crippen LogP contribution in [0.1, 0.15) is 37.0 Å². The highest BCUT2D eigenvalue weighted by Gasteiger charge is 2.21. The second-order valence-corrected chi connectivity index (χ2v) is 6.69. The molecule has 8 nitrogen and oxygen atoms in total. The van der Waals surface area contributed by atoms with E-state index in [4.69, 9.17) is 13.7 Å². The Kier molecular flexibility index (Phi) is 4.46. The molecule has 1 fully saturated rings. The summed E-state index contributed by atoms with van der Waals surface area (Å²) in [6, 6.07) is 7.63. The van der Waals surface area contributed by atoms with Crippen LogP contribution in [-0.4, -0.2) is 31.3 Å². The minimum absolute atomic E-state index is 0.0314. The van der Waals surface area contributed by atoms with Gasteiger partial charge in [0.05, 0.1) is 0 Å². The lowest BCUT2D eigenvalue weighted by Crippen LogP contribution is -2.10. The van der Waals surface area contributed by atoms with Crippen molar-refractivity contribution in [3.63, 3.8) is 0 Å². The fourth-order valence-electron chi connectivity index (χ4n) is 3.35. The molecule has 1 aliphatic heterocycles. The second kappa shape index (κ2) is 7.40. The van der Waals surface area contributed by atoms with Gasteiger partial charge in [-0.05, 0) is 43.5 Å². The first-order valence-corrected chi connectivity index (χ1v) is 9.32. The van der Waals surface area contributed by atoms with E-state index in [9.17, 15) is 0 Å². The predicted molar refractivity (Wildman–Crippen MR) is 99.1 cm³/mol. The van der Waals surface area contributed by atoms with Gasteiger partial charge in [-0.25, -0.2) is 4.98 Å². The van der Waals surface area contributed by atoms with Crippen molar-refractivity contribution in [3.05, 3.63) is 60.7 Å². The van der Waals surface area contributed by atoms with Gasteiger partial charge in [0.15, 0.2) is 11.6 Å². The fourth-order valence-corrected chi connectivity index (χ4v) is 3.35. The minimum Gasteiger partial charge on any atom is -0.455 e. The van der Waals surface area contributed by atoms with Crippen molar-refractivity contribution < 1.29 is 13.7 Å². The van der Waals surface area contributed by atoms with Crippen molar-refractivity contribution in [2.24, 2.45) is 0 Å². The van der Waals surface area contributed by atoms with Gasteiger partial charge in [0.25, 0.3) is 0 Å². The second-order valence-electron chi connectivity index (χ2n) is 6.69. The molecule has 0 amide bonds. The average molecular weight is 377 g/mol. The smallest absolute Gasteiger partial charge is 0.246 e. The van der Waals surface area contributed by atoms with Gasteiger partial charge in [0.2, 0.25) is 11.7 Å². The summed E-state index contributed by atoms with van der Waals surface area (Å²) in [7, 11) is 0. The number of hydrogen-bond donors (Lipinski definition) is 0. The third kappa shape index (κ3) is 3.34. The van der Waals surface area contributed by atoms with E-state index in [1.54, 1.807) is 18.6 Å². The normalized spacial score (nSPS) is 17.1. The van der Waals surface area contributed by atoms with Crippen LogP contribution < -0.4 is 0 Å². The Morgan fingerprint density at radius 3 is 3.00 bits per heavy atom. The number of nitrogens with zero attached hydrogens (tertiary/aromatic N) is 5. The van der Waals surface area contributed by atoms with Crippen molar-refractivity contribution in [3.8, 4) is 23.0 Å². The molecule has 0 radical (unpaired) electrons. The molecule has 0 N–H and O–H groups in total. The van der Waals surface area contributed by atoms with Crippen molar-refractivity contribution in [1.29, 1.82) is 0 Å². The van der Waals surface area contributed by atoms with Gasteiger partial charge in [-0.1, -0.05) is 5.16 Å². The summed E-state index contributed by atoms with van der Waals surface area (Å²) in [5.41, 5.74) is 0.812. The summed E-state index contributed by atoms with van der Waals surface area (Å²) < 4.78 is 19.2. The molecule has 8 heteroatoms. The molecule has 1 atom stereocenters. The molecule has 4 aromatic heterocycles. The maximum Gasteiger partial charge on any atom is 0.246 e. The van der Waals surface area contributed by atoms with Crippen LogP contribution in [0.4, 0.5) is 0 Å². The zero-order chi connectivity index (χ0) is 18.8. The van der Waals surface area contributed by atoms with Crippen molar-refractivity contribution >= 4 is 0 Å². The lowest BCUT2D eigenvalue weighted by Gasteiger charge is -2.20. The maximum atomic E-state index is 6.04. The summed E-state index contributed by atoms with van der Waals surface area (Å²) in [4.78, 5) is 13.0. The Bertz CT molecular complexity index is 1050. The zero-order valence-corrected chi connectivity index (χ0v) is 15.2. The lowest BCUT2D eigenvalue weighted by atomic mass is 10.1. The van der Waals surface area contributed by atoms with Crippen molar-refractivity contribution in [2.45, 2.75) is 31.9 Å². The SMILES string of the molecule is c1cncc(-c2noc(Cn3ccnc3-c3ccc([C@H]4CCCCO4)o3)n2)c1. The van der Waals surface area contributed by atoms with E-state index in [0.29, 0.717) is 29.8 Å². The Morgan fingerprint density at radius 1 is 1.14 bits per heavy atom. The molecule has 0 spiro atoms. The predicted octanol–water partition coefficient (Wildman–Crippen LogP) is 3.88. The monoisotopic (exact) mass is 377 g/mol. The molecule has 5 heterocycles. The molecule has 0 bridgehead atoms. The van der Waals surface area contributed by atoms with E-state index < -0.39 is 0 Å². The van der Waals surface area contributed by atoms with Gasteiger partial charge in [0, 0.05) is 37.0 Å². The average Bonchev–Trinajstić information content (AvgIpc) is 3.50. The molecule has 0 unspecified atom stereocenters. The molecular formula is C20H19N5O3. The number of furan rings is 1. The number of ether oxygens (including phenoxy) is 1. The van der Waals surface area contributed by atoms with Crippen LogP contribution in [0.15, 0.2) is 58.0 Å². The molecule has 1 aliphatic rings. The molecule has 0 aromatic carbocycles. The Hall–Kier alpha value is -3.26. The van der Waals surface area contributed by atoms with Gasteiger partial charge in [-0.3, -0.25) is 4.98 Å². The van der Waals surface area contributed by atoms with Crippen LogP contribution in [0.25, 0.3) is 23.0 Å². The topological polar surface area (TPSA) is 92.0 Å². The van der Waals surface area contributed by atoms with E-state index >= 15 is 0 Å². The first-order valence-electron chi connectivity index (χ1n) is 9.32. The molecule has 5 rings (SSSR count). The van der Waals surface area contributed by atoms with E-state index in [-0.39, 0.29) is 6.10 Å². The summed E-state index contributed by atoms with van der Waals surface area (Å²) >= 11 is 0. The van der Waals surface area contributed by atoms with Crippen molar-refractivity contribution in [1.82, 2.24) is 24.7 Å². The van der Waals surface area contributed by atoms with Crippen molar-refractivity contribution in [2.75, 3.05) is 6.61 Å². The largest absolute Gasteiger partial charge is 0.455 e. The summed E-state index contributed by atoms with van der Waals surface area (Å²) in [5, 5.41) is 4.03. The Labute approximate surface area is 161 Å². The number of pyridine rings is 1. The first kappa shape index (κ1) is 16.9. The third-order valence-corrected chi connectivity index (χ3v) is 4.75. The zero-order valence-electron chi connectivity index (χ0n) is 15.2. The highest BCUT2D eigenvalue weighted by Crippen LogP contribution is 2.31. The number of hydrogen-bond acceptors (Lipinski definition) is 7. The van der Waals surface area contributed by atoms with E-state index in [1.165, 1.54) is 0 Å². The van der Waals surface area contributed by atoms with Crippen LogP contribution in [0.3, 0.4) is 0 Å². The van der Waals surface area contributed by atoms with Crippen LogP contribution in [0.2, 0.25) is 0 Å². The summed E-state index contributed by atoms with van der Waals surface area (Å²) in [6.45, 7) is 1.18. The molecule has 0 aliphatic carbocycles. The minimum atomic E-state index is 0.0314. The number of rotatable bonds is 5. The van der Waals surface area contributed by atoms with Crippen LogP contribution >= 0.6 is 0 Å².